The summed E-state index contributed by atoms with van der Waals surface area (Å²) in [7, 11) is 0. The summed E-state index contributed by atoms with van der Waals surface area (Å²) in [6.07, 6.45) is 3.61. The van der Waals surface area contributed by atoms with Gasteiger partial charge in [0.1, 0.15) is 12.1 Å². The molecule has 1 fully saturated rings. The monoisotopic (exact) mass is 258 g/mol. The summed E-state index contributed by atoms with van der Waals surface area (Å²) in [6, 6.07) is 2.49. The lowest BCUT2D eigenvalue weighted by Gasteiger charge is -2.24. The van der Waals surface area contributed by atoms with E-state index < -0.39 is 0 Å². The summed E-state index contributed by atoms with van der Waals surface area (Å²) in [4.78, 5) is 13.1. The van der Waals surface area contributed by atoms with Gasteiger partial charge in [-0.1, -0.05) is 0 Å². The zero-order chi connectivity index (χ0) is 13.2. The second-order valence-electron chi connectivity index (χ2n) is 5.03. The first-order valence-electron chi connectivity index (χ1n) is 6.67. The predicted molar refractivity (Wildman–Crippen MR) is 74.3 cm³/mol. The van der Waals surface area contributed by atoms with Crippen LogP contribution in [-0.2, 0) is 4.74 Å². The Hall–Kier alpha value is -1.75. The third kappa shape index (κ3) is 2.51. The molecule has 0 spiro atoms. The van der Waals surface area contributed by atoms with Crippen LogP contribution in [0.3, 0.4) is 0 Å². The van der Waals surface area contributed by atoms with Gasteiger partial charge in [0, 0.05) is 24.9 Å². The van der Waals surface area contributed by atoms with Crippen molar-refractivity contribution < 1.29 is 4.74 Å². The summed E-state index contributed by atoms with van der Waals surface area (Å²) in [5, 5.41) is 4.54. The van der Waals surface area contributed by atoms with Crippen LogP contribution in [0.25, 0.3) is 11.0 Å². The number of anilines is 1. The average molecular weight is 258 g/mol. The fraction of sp³-hybridized carbons (Fsp3) is 0.500. The molecule has 0 amide bonds. The number of hydrogen-bond acceptors (Lipinski definition) is 5. The minimum atomic E-state index is 0.424. The smallest absolute Gasteiger partial charge is 0.165 e. The van der Waals surface area contributed by atoms with Crippen molar-refractivity contribution in [2.24, 2.45) is 0 Å². The van der Waals surface area contributed by atoms with Crippen molar-refractivity contribution in [1.29, 1.82) is 0 Å². The molecule has 0 atom stereocenters. The predicted octanol–water partition coefficient (Wildman–Crippen LogP) is 2.23. The molecule has 5 heteroatoms. The van der Waals surface area contributed by atoms with Gasteiger partial charge < -0.3 is 10.1 Å². The molecule has 0 aromatic carbocycles. The standard InChI is InChI=1S/C14H18N4O/c1-9-7-10(2)17-13-12(9)14(16-8-15-13)18-11-3-5-19-6-4-11/h7-8,11H,3-6H2,1-2H3,(H,15,16,17,18). The number of aromatic nitrogens is 3. The molecule has 3 rings (SSSR count). The molecule has 0 radical (unpaired) electrons. The largest absolute Gasteiger partial charge is 0.381 e. The number of ether oxygens (including phenoxy) is 1. The third-order valence-electron chi connectivity index (χ3n) is 3.49. The van der Waals surface area contributed by atoms with Crippen LogP contribution >= 0.6 is 0 Å². The minimum absolute atomic E-state index is 0.424. The second-order valence-corrected chi connectivity index (χ2v) is 5.03. The van der Waals surface area contributed by atoms with E-state index in [0.717, 1.165) is 54.2 Å². The van der Waals surface area contributed by atoms with E-state index in [1.807, 2.05) is 6.92 Å². The minimum Gasteiger partial charge on any atom is -0.381 e. The summed E-state index contributed by atoms with van der Waals surface area (Å²) in [6.45, 7) is 5.70. The Morgan fingerprint density at radius 2 is 2.00 bits per heavy atom. The fourth-order valence-electron chi connectivity index (χ4n) is 2.55. The van der Waals surface area contributed by atoms with Crippen LogP contribution in [0.15, 0.2) is 12.4 Å². The van der Waals surface area contributed by atoms with Gasteiger partial charge in [0.15, 0.2) is 5.65 Å². The number of aryl methyl sites for hydroxylation is 2. The van der Waals surface area contributed by atoms with Crippen molar-refractivity contribution in [2.45, 2.75) is 32.7 Å². The number of rotatable bonds is 2. The van der Waals surface area contributed by atoms with E-state index in [9.17, 15) is 0 Å². The summed E-state index contributed by atoms with van der Waals surface area (Å²) >= 11 is 0. The highest BCUT2D eigenvalue weighted by atomic mass is 16.5. The molecule has 100 valence electrons. The van der Waals surface area contributed by atoms with Gasteiger partial charge in [-0.3, -0.25) is 0 Å². The molecule has 2 aromatic rings. The molecule has 1 N–H and O–H groups in total. The van der Waals surface area contributed by atoms with Gasteiger partial charge in [-0.25, -0.2) is 15.0 Å². The van der Waals surface area contributed by atoms with Crippen LogP contribution < -0.4 is 5.32 Å². The van der Waals surface area contributed by atoms with Crippen molar-refractivity contribution in [3.63, 3.8) is 0 Å². The number of fused-ring (bicyclic) bond motifs is 1. The Balaban J connectivity index is 1.98. The molecule has 3 heterocycles. The van der Waals surface area contributed by atoms with Gasteiger partial charge in [-0.2, -0.15) is 0 Å². The quantitative estimate of drug-likeness (QED) is 0.895. The maximum absolute atomic E-state index is 5.38. The van der Waals surface area contributed by atoms with Crippen molar-refractivity contribution in [3.05, 3.63) is 23.7 Å². The average Bonchev–Trinajstić information content (AvgIpc) is 2.39. The van der Waals surface area contributed by atoms with E-state index in [1.54, 1.807) is 6.33 Å². The first kappa shape index (κ1) is 12.3. The van der Waals surface area contributed by atoms with Gasteiger partial charge >= 0.3 is 0 Å². The maximum Gasteiger partial charge on any atom is 0.165 e. The SMILES string of the molecule is Cc1cc(C)c2c(NC3CCOCC3)ncnc2n1. The first-order chi connectivity index (χ1) is 9.24. The van der Waals surface area contributed by atoms with Crippen molar-refractivity contribution in [1.82, 2.24) is 15.0 Å². The van der Waals surface area contributed by atoms with E-state index >= 15 is 0 Å². The summed E-state index contributed by atoms with van der Waals surface area (Å²) in [5.41, 5.74) is 2.92. The first-order valence-corrected chi connectivity index (χ1v) is 6.67. The Kier molecular flexibility index (Phi) is 3.29. The topological polar surface area (TPSA) is 59.9 Å². The molecule has 2 aromatic heterocycles. The molecule has 5 nitrogen and oxygen atoms in total. The number of pyridine rings is 1. The highest BCUT2D eigenvalue weighted by Crippen LogP contribution is 2.24. The normalized spacial score (nSPS) is 16.7. The summed E-state index contributed by atoms with van der Waals surface area (Å²) in [5.74, 6) is 0.891. The van der Waals surface area contributed by atoms with E-state index in [2.05, 4.69) is 33.3 Å². The van der Waals surface area contributed by atoms with Gasteiger partial charge in [0.05, 0.1) is 5.39 Å². The number of nitrogens with zero attached hydrogens (tertiary/aromatic N) is 3. The van der Waals surface area contributed by atoms with Gasteiger partial charge in [0.25, 0.3) is 0 Å². The highest BCUT2D eigenvalue weighted by molar-refractivity contribution is 5.89. The van der Waals surface area contributed by atoms with Crippen LogP contribution in [0.4, 0.5) is 5.82 Å². The summed E-state index contributed by atoms with van der Waals surface area (Å²) < 4.78 is 5.38. The van der Waals surface area contributed by atoms with Crippen LogP contribution in [0.2, 0.25) is 0 Å². The van der Waals surface area contributed by atoms with Crippen molar-refractivity contribution in [2.75, 3.05) is 18.5 Å². The zero-order valence-electron chi connectivity index (χ0n) is 11.3. The third-order valence-corrected chi connectivity index (χ3v) is 3.49. The van der Waals surface area contributed by atoms with E-state index in [1.165, 1.54) is 0 Å². The lowest BCUT2D eigenvalue weighted by atomic mass is 10.1. The van der Waals surface area contributed by atoms with E-state index in [0.29, 0.717) is 6.04 Å². The molecule has 0 unspecified atom stereocenters. The van der Waals surface area contributed by atoms with Crippen LogP contribution in [0.1, 0.15) is 24.1 Å². The molecular weight excluding hydrogens is 240 g/mol. The zero-order valence-corrected chi connectivity index (χ0v) is 11.3. The Labute approximate surface area is 112 Å². The van der Waals surface area contributed by atoms with Gasteiger partial charge in [-0.05, 0) is 38.3 Å². The Bertz CT molecular complexity index is 593. The Morgan fingerprint density at radius 1 is 1.21 bits per heavy atom. The Morgan fingerprint density at radius 3 is 2.79 bits per heavy atom. The molecule has 1 aliphatic heterocycles. The fourth-order valence-corrected chi connectivity index (χ4v) is 2.55. The lowest BCUT2D eigenvalue weighted by molar-refractivity contribution is 0.0904. The van der Waals surface area contributed by atoms with Crippen LogP contribution in [-0.4, -0.2) is 34.2 Å². The lowest BCUT2D eigenvalue weighted by Crippen LogP contribution is -2.28. The molecule has 0 saturated carbocycles. The van der Waals surface area contributed by atoms with Crippen LogP contribution in [0, 0.1) is 13.8 Å². The second kappa shape index (κ2) is 5.09. The van der Waals surface area contributed by atoms with E-state index in [4.69, 9.17) is 4.74 Å². The maximum atomic E-state index is 5.38. The number of nitrogens with one attached hydrogen (secondary N) is 1. The van der Waals surface area contributed by atoms with Gasteiger partial charge in [0.2, 0.25) is 0 Å². The molecule has 0 aliphatic carbocycles. The highest BCUT2D eigenvalue weighted by Gasteiger charge is 2.16. The molecule has 1 saturated heterocycles. The molecular formula is C14H18N4O. The van der Waals surface area contributed by atoms with Crippen molar-refractivity contribution in [3.8, 4) is 0 Å². The van der Waals surface area contributed by atoms with E-state index in [-0.39, 0.29) is 0 Å². The molecule has 0 bridgehead atoms. The van der Waals surface area contributed by atoms with Crippen molar-refractivity contribution >= 4 is 16.9 Å². The van der Waals surface area contributed by atoms with Crippen LogP contribution in [0.5, 0.6) is 0 Å². The van der Waals surface area contributed by atoms with Gasteiger partial charge in [-0.15, -0.1) is 0 Å². The molecule has 19 heavy (non-hydrogen) atoms. The number of hydrogen-bond donors (Lipinski definition) is 1. The molecule has 1 aliphatic rings.